The summed E-state index contributed by atoms with van der Waals surface area (Å²) < 4.78 is 5.79. The maximum atomic E-state index is 11.9. The number of carbonyl (C=O) groups is 1. The highest BCUT2D eigenvalue weighted by Crippen LogP contribution is 2.18. The van der Waals surface area contributed by atoms with Crippen LogP contribution in [0.4, 0.5) is 4.79 Å². The fourth-order valence-corrected chi connectivity index (χ4v) is 2.23. The molecule has 6 heteroatoms. The summed E-state index contributed by atoms with van der Waals surface area (Å²) in [5.74, 6) is 0.583. The lowest BCUT2D eigenvalue weighted by atomic mass is 10.1. The predicted octanol–water partition coefficient (Wildman–Crippen LogP) is 2.70. The summed E-state index contributed by atoms with van der Waals surface area (Å²) in [5.41, 5.74) is 0. The molecule has 2 amide bonds. The second-order valence-electron chi connectivity index (χ2n) is 5.22. The van der Waals surface area contributed by atoms with Gasteiger partial charge in [-0.05, 0) is 19.9 Å². The first-order chi connectivity index (χ1) is 9.54. The number of nitrogens with one attached hydrogen (secondary N) is 1. The molecule has 2 heterocycles. The van der Waals surface area contributed by atoms with E-state index in [0.29, 0.717) is 24.0 Å². The molecule has 1 aliphatic rings. The normalized spacial score (nSPS) is 16.3. The molecule has 5 nitrogen and oxygen atoms in total. The SMILES string of the molecule is CC(C)NC(=O)N1CCC(Oc2ccc(Cl)cn2)CC1. The summed E-state index contributed by atoms with van der Waals surface area (Å²) in [6.07, 6.45) is 3.31. The van der Waals surface area contributed by atoms with Gasteiger partial charge in [0, 0.05) is 44.2 Å². The first-order valence-electron chi connectivity index (χ1n) is 6.88. The molecule has 0 radical (unpaired) electrons. The van der Waals surface area contributed by atoms with Crippen LogP contribution in [0, 0.1) is 0 Å². The van der Waals surface area contributed by atoms with Gasteiger partial charge in [-0.25, -0.2) is 9.78 Å². The number of urea groups is 1. The van der Waals surface area contributed by atoms with Gasteiger partial charge in [-0.2, -0.15) is 0 Å². The van der Waals surface area contributed by atoms with Gasteiger partial charge < -0.3 is 15.0 Å². The van der Waals surface area contributed by atoms with E-state index in [-0.39, 0.29) is 18.2 Å². The van der Waals surface area contributed by atoms with Gasteiger partial charge in [0.15, 0.2) is 0 Å². The average Bonchev–Trinajstić information content (AvgIpc) is 2.41. The van der Waals surface area contributed by atoms with Crippen molar-refractivity contribution in [1.29, 1.82) is 0 Å². The van der Waals surface area contributed by atoms with Crippen molar-refractivity contribution in [1.82, 2.24) is 15.2 Å². The Morgan fingerprint density at radius 1 is 1.45 bits per heavy atom. The monoisotopic (exact) mass is 297 g/mol. The van der Waals surface area contributed by atoms with E-state index in [4.69, 9.17) is 16.3 Å². The number of hydrogen-bond acceptors (Lipinski definition) is 3. The van der Waals surface area contributed by atoms with E-state index in [9.17, 15) is 4.79 Å². The molecule has 1 aromatic heterocycles. The van der Waals surface area contributed by atoms with Crippen LogP contribution >= 0.6 is 11.6 Å². The number of aromatic nitrogens is 1. The number of pyridine rings is 1. The number of likely N-dealkylation sites (tertiary alicyclic amines) is 1. The Labute approximate surface area is 124 Å². The second-order valence-corrected chi connectivity index (χ2v) is 5.66. The molecule has 2 rings (SSSR count). The number of carbonyl (C=O) groups excluding carboxylic acids is 1. The highest BCUT2D eigenvalue weighted by Gasteiger charge is 2.24. The lowest BCUT2D eigenvalue weighted by molar-refractivity contribution is 0.107. The van der Waals surface area contributed by atoms with Crippen LogP contribution in [0.1, 0.15) is 26.7 Å². The lowest BCUT2D eigenvalue weighted by Gasteiger charge is -2.32. The first kappa shape index (κ1) is 14.9. The molecule has 0 unspecified atom stereocenters. The van der Waals surface area contributed by atoms with Gasteiger partial charge in [0.1, 0.15) is 6.10 Å². The molecule has 0 bridgehead atoms. The smallest absolute Gasteiger partial charge is 0.317 e. The van der Waals surface area contributed by atoms with Crippen molar-refractivity contribution in [3.8, 4) is 5.88 Å². The summed E-state index contributed by atoms with van der Waals surface area (Å²) in [7, 11) is 0. The molecule has 0 spiro atoms. The predicted molar refractivity (Wildman–Crippen MR) is 78.1 cm³/mol. The molecule has 0 aliphatic carbocycles. The molecule has 110 valence electrons. The number of rotatable bonds is 3. The Kier molecular flexibility index (Phi) is 5.06. The van der Waals surface area contributed by atoms with Gasteiger partial charge in [-0.3, -0.25) is 0 Å². The third-order valence-corrected chi connectivity index (χ3v) is 3.35. The zero-order valence-electron chi connectivity index (χ0n) is 11.8. The number of amides is 2. The van der Waals surface area contributed by atoms with Crippen molar-refractivity contribution in [3.63, 3.8) is 0 Å². The molecule has 1 aromatic rings. The number of nitrogens with zero attached hydrogens (tertiary/aromatic N) is 2. The lowest BCUT2D eigenvalue weighted by Crippen LogP contribution is -2.48. The van der Waals surface area contributed by atoms with Gasteiger partial charge in [0.05, 0.1) is 5.02 Å². The zero-order valence-corrected chi connectivity index (χ0v) is 12.6. The van der Waals surface area contributed by atoms with Crippen LogP contribution in [0.2, 0.25) is 5.02 Å². The number of halogens is 1. The van der Waals surface area contributed by atoms with Crippen LogP contribution in [0.25, 0.3) is 0 Å². The van der Waals surface area contributed by atoms with Crippen LogP contribution in [0.3, 0.4) is 0 Å². The second kappa shape index (κ2) is 6.79. The van der Waals surface area contributed by atoms with Crippen LogP contribution in [0.15, 0.2) is 18.3 Å². The Morgan fingerprint density at radius 2 is 2.15 bits per heavy atom. The molecule has 1 N–H and O–H groups in total. The Bertz CT molecular complexity index is 442. The summed E-state index contributed by atoms with van der Waals surface area (Å²) in [6.45, 7) is 5.33. The highest BCUT2D eigenvalue weighted by molar-refractivity contribution is 6.30. The van der Waals surface area contributed by atoms with Crippen molar-refractivity contribution in [2.45, 2.75) is 38.8 Å². The molecule has 1 fully saturated rings. The number of ether oxygens (including phenoxy) is 1. The molecular weight excluding hydrogens is 278 g/mol. The highest BCUT2D eigenvalue weighted by atomic mass is 35.5. The number of hydrogen-bond donors (Lipinski definition) is 1. The van der Waals surface area contributed by atoms with E-state index in [1.54, 1.807) is 18.3 Å². The van der Waals surface area contributed by atoms with Crippen molar-refractivity contribution < 1.29 is 9.53 Å². The third kappa shape index (κ3) is 4.27. The van der Waals surface area contributed by atoms with Crippen LogP contribution in [0.5, 0.6) is 5.88 Å². The summed E-state index contributed by atoms with van der Waals surface area (Å²) >= 11 is 5.78. The fourth-order valence-electron chi connectivity index (χ4n) is 2.12. The molecule has 20 heavy (non-hydrogen) atoms. The number of piperidine rings is 1. The van der Waals surface area contributed by atoms with E-state index in [2.05, 4.69) is 10.3 Å². The van der Waals surface area contributed by atoms with Crippen LogP contribution < -0.4 is 10.1 Å². The average molecular weight is 298 g/mol. The Hall–Kier alpha value is -1.49. The summed E-state index contributed by atoms with van der Waals surface area (Å²) in [4.78, 5) is 17.8. The maximum absolute atomic E-state index is 11.9. The molecular formula is C14H20ClN3O2. The van der Waals surface area contributed by atoms with Gasteiger partial charge in [-0.15, -0.1) is 0 Å². The third-order valence-electron chi connectivity index (χ3n) is 3.13. The van der Waals surface area contributed by atoms with E-state index < -0.39 is 0 Å². The molecule has 1 aliphatic heterocycles. The van der Waals surface area contributed by atoms with E-state index in [0.717, 1.165) is 12.8 Å². The summed E-state index contributed by atoms with van der Waals surface area (Å²) in [6, 6.07) is 3.69. The minimum absolute atomic E-state index is 0.00284. The first-order valence-corrected chi connectivity index (χ1v) is 7.26. The molecule has 0 saturated carbocycles. The minimum Gasteiger partial charge on any atom is -0.474 e. The minimum atomic E-state index is 0.00284. The van der Waals surface area contributed by atoms with Gasteiger partial charge >= 0.3 is 6.03 Å². The van der Waals surface area contributed by atoms with Crippen LogP contribution in [-0.4, -0.2) is 41.2 Å². The van der Waals surface area contributed by atoms with Gasteiger partial charge in [-0.1, -0.05) is 11.6 Å². The van der Waals surface area contributed by atoms with Gasteiger partial charge in [0.25, 0.3) is 0 Å². The van der Waals surface area contributed by atoms with E-state index >= 15 is 0 Å². The van der Waals surface area contributed by atoms with E-state index in [1.807, 2.05) is 18.7 Å². The molecule has 1 saturated heterocycles. The van der Waals surface area contributed by atoms with Crippen molar-refractivity contribution in [2.75, 3.05) is 13.1 Å². The zero-order chi connectivity index (χ0) is 14.5. The molecule has 0 atom stereocenters. The largest absolute Gasteiger partial charge is 0.474 e. The standard InChI is InChI=1S/C14H20ClN3O2/c1-10(2)17-14(19)18-7-5-12(6-8-18)20-13-4-3-11(15)9-16-13/h3-4,9-10,12H,5-8H2,1-2H3,(H,17,19). The van der Waals surface area contributed by atoms with E-state index in [1.165, 1.54) is 0 Å². The Balaban J connectivity index is 1.79. The maximum Gasteiger partial charge on any atom is 0.317 e. The quantitative estimate of drug-likeness (QED) is 0.933. The topological polar surface area (TPSA) is 54.5 Å². The Morgan fingerprint density at radius 3 is 2.70 bits per heavy atom. The summed E-state index contributed by atoms with van der Waals surface area (Å²) in [5, 5.41) is 3.50. The van der Waals surface area contributed by atoms with Gasteiger partial charge in [0.2, 0.25) is 5.88 Å². The fraction of sp³-hybridized carbons (Fsp3) is 0.571. The molecule has 0 aromatic carbocycles. The van der Waals surface area contributed by atoms with Crippen molar-refractivity contribution in [2.24, 2.45) is 0 Å². The van der Waals surface area contributed by atoms with Crippen LogP contribution in [-0.2, 0) is 0 Å². The van der Waals surface area contributed by atoms with Crippen molar-refractivity contribution in [3.05, 3.63) is 23.4 Å². The van der Waals surface area contributed by atoms with Crippen molar-refractivity contribution >= 4 is 17.6 Å².